The molecule has 21 heavy (non-hydrogen) atoms. The number of aliphatic carboxylic acids is 1. The van der Waals surface area contributed by atoms with E-state index in [9.17, 15) is 14.7 Å². The van der Waals surface area contributed by atoms with E-state index in [4.69, 9.17) is 4.74 Å². The molecule has 0 aromatic heterocycles. The average Bonchev–Trinajstić information content (AvgIpc) is 2.95. The second-order valence-corrected chi connectivity index (χ2v) is 6.41. The maximum atomic E-state index is 12.7. The Balaban J connectivity index is 2.09. The molecule has 0 bridgehead atoms. The standard InChI is InChI=1S/C16H27NO4/c1-3-7-16(15(19)20)8-5-9-17(11-16)14(18)12-6-10-21-13(12)4-2/h12-13H,3-11H2,1-2H3,(H,19,20). The number of rotatable bonds is 5. The molecule has 0 aliphatic carbocycles. The van der Waals surface area contributed by atoms with Gasteiger partial charge in [0.1, 0.15) is 0 Å². The van der Waals surface area contributed by atoms with Crippen LogP contribution in [-0.4, -0.2) is 47.7 Å². The number of amides is 1. The second kappa shape index (κ2) is 6.77. The Kier molecular flexibility index (Phi) is 5.25. The fraction of sp³-hybridized carbons (Fsp3) is 0.875. The fourth-order valence-corrected chi connectivity index (χ4v) is 3.85. The number of hydrogen-bond donors (Lipinski definition) is 1. The van der Waals surface area contributed by atoms with E-state index < -0.39 is 11.4 Å². The van der Waals surface area contributed by atoms with Crippen molar-refractivity contribution in [3.05, 3.63) is 0 Å². The number of carbonyl (C=O) groups is 2. The predicted octanol–water partition coefficient (Wildman–Crippen LogP) is 2.30. The third-order valence-corrected chi connectivity index (χ3v) is 5.00. The normalized spacial score (nSPS) is 33.1. The lowest BCUT2D eigenvalue weighted by Crippen LogP contribution is -2.52. The molecule has 2 aliphatic rings. The van der Waals surface area contributed by atoms with Crippen LogP contribution in [0.5, 0.6) is 0 Å². The largest absolute Gasteiger partial charge is 0.481 e. The fourth-order valence-electron chi connectivity index (χ4n) is 3.85. The van der Waals surface area contributed by atoms with E-state index in [1.54, 1.807) is 4.90 Å². The molecule has 5 heteroatoms. The quantitative estimate of drug-likeness (QED) is 0.845. The maximum Gasteiger partial charge on any atom is 0.311 e. The van der Waals surface area contributed by atoms with Crippen LogP contribution in [0.25, 0.3) is 0 Å². The second-order valence-electron chi connectivity index (χ2n) is 6.41. The summed E-state index contributed by atoms with van der Waals surface area (Å²) >= 11 is 0. The van der Waals surface area contributed by atoms with Crippen LogP contribution in [0.1, 0.15) is 52.4 Å². The minimum absolute atomic E-state index is 0.00447. The van der Waals surface area contributed by atoms with Crippen LogP contribution >= 0.6 is 0 Å². The first-order chi connectivity index (χ1) is 10.0. The Morgan fingerprint density at radius 2 is 2.14 bits per heavy atom. The van der Waals surface area contributed by atoms with Gasteiger partial charge in [0.25, 0.3) is 0 Å². The van der Waals surface area contributed by atoms with Gasteiger partial charge in [0.2, 0.25) is 5.91 Å². The molecule has 2 heterocycles. The van der Waals surface area contributed by atoms with Crippen LogP contribution < -0.4 is 0 Å². The Morgan fingerprint density at radius 3 is 2.76 bits per heavy atom. The molecule has 0 spiro atoms. The summed E-state index contributed by atoms with van der Waals surface area (Å²) in [4.78, 5) is 26.2. The minimum atomic E-state index is -0.753. The summed E-state index contributed by atoms with van der Waals surface area (Å²) in [7, 11) is 0. The van der Waals surface area contributed by atoms with Gasteiger partial charge < -0.3 is 14.7 Å². The van der Waals surface area contributed by atoms with E-state index in [-0.39, 0.29) is 17.9 Å². The highest BCUT2D eigenvalue weighted by Gasteiger charge is 2.45. The summed E-state index contributed by atoms with van der Waals surface area (Å²) in [5.41, 5.74) is -0.746. The smallest absolute Gasteiger partial charge is 0.311 e. The SMILES string of the molecule is CCCC1(C(=O)O)CCCN(C(=O)C2CCOC2CC)C1. The number of hydrogen-bond acceptors (Lipinski definition) is 3. The van der Waals surface area contributed by atoms with Gasteiger partial charge in [-0.1, -0.05) is 20.3 Å². The lowest BCUT2D eigenvalue weighted by Gasteiger charge is -2.41. The minimum Gasteiger partial charge on any atom is -0.481 e. The van der Waals surface area contributed by atoms with Gasteiger partial charge in [-0.15, -0.1) is 0 Å². The van der Waals surface area contributed by atoms with Crippen molar-refractivity contribution in [1.29, 1.82) is 0 Å². The molecule has 2 saturated heterocycles. The number of nitrogens with zero attached hydrogens (tertiary/aromatic N) is 1. The van der Waals surface area contributed by atoms with Crippen molar-refractivity contribution in [3.8, 4) is 0 Å². The molecule has 3 unspecified atom stereocenters. The Hall–Kier alpha value is -1.10. The molecule has 120 valence electrons. The summed E-state index contributed by atoms with van der Waals surface area (Å²) in [6.07, 6.45) is 4.54. The molecule has 5 nitrogen and oxygen atoms in total. The number of likely N-dealkylation sites (tertiary alicyclic amines) is 1. The van der Waals surface area contributed by atoms with E-state index >= 15 is 0 Å². The number of carboxylic acids is 1. The molecule has 0 aromatic carbocycles. The Bertz CT molecular complexity index is 394. The zero-order chi connectivity index (χ0) is 15.5. The van der Waals surface area contributed by atoms with Crippen LogP contribution in [0.15, 0.2) is 0 Å². The molecular formula is C16H27NO4. The summed E-state index contributed by atoms with van der Waals surface area (Å²) in [6, 6.07) is 0. The number of piperidine rings is 1. The molecule has 2 rings (SSSR count). The topological polar surface area (TPSA) is 66.8 Å². The predicted molar refractivity (Wildman–Crippen MR) is 78.9 cm³/mol. The van der Waals surface area contributed by atoms with Crippen LogP contribution in [-0.2, 0) is 14.3 Å². The van der Waals surface area contributed by atoms with Gasteiger partial charge in [0, 0.05) is 19.7 Å². The first-order valence-corrected chi connectivity index (χ1v) is 8.18. The van der Waals surface area contributed by atoms with Gasteiger partial charge >= 0.3 is 5.97 Å². The Morgan fingerprint density at radius 1 is 1.38 bits per heavy atom. The van der Waals surface area contributed by atoms with Crippen molar-refractivity contribution < 1.29 is 19.4 Å². The van der Waals surface area contributed by atoms with Crippen molar-refractivity contribution in [2.24, 2.45) is 11.3 Å². The van der Waals surface area contributed by atoms with E-state index in [0.717, 1.165) is 25.7 Å². The third-order valence-electron chi connectivity index (χ3n) is 5.00. The van der Waals surface area contributed by atoms with E-state index in [1.807, 2.05) is 13.8 Å². The zero-order valence-electron chi connectivity index (χ0n) is 13.1. The summed E-state index contributed by atoms with van der Waals surface area (Å²) < 4.78 is 5.61. The monoisotopic (exact) mass is 297 g/mol. The van der Waals surface area contributed by atoms with Gasteiger partial charge in [0.05, 0.1) is 17.4 Å². The molecular weight excluding hydrogens is 270 g/mol. The summed E-state index contributed by atoms with van der Waals surface area (Å²) in [5, 5.41) is 9.62. The van der Waals surface area contributed by atoms with Crippen LogP contribution in [0, 0.1) is 11.3 Å². The highest BCUT2D eigenvalue weighted by atomic mass is 16.5. The highest BCUT2D eigenvalue weighted by Crippen LogP contribution is 2.36. The van der Waals surface area contributed by atoms with E-state index in [2.05, 4.69) is 0 Å². The zero-order valence-corrected chi connectivity index (χ0v) is 13.1. The van der Waals surface area contributed by atoms with Gasteiger partial charge in [-0.05, 0) is 32.1 Å². The van der Waals surface area contributed by atoms with Crippen LogP contribution in [0.3, 0.4) is 0 Å². The van der Waals surface area contributed by atoms with Crippen LogP contribution in [0.2, 0.25) is 0 Å². The van der Waals surface area contributed by atoms with Crippen molar-refractivity contribution >= 4 is 11.9 Å². The third kappa shape index (κ3) is 3.23. The molecule has 0 saturated carbocycles. The maximum absolute atomic E-state index is 12.7. The Labute approximate surface area is 126 Å². The molecule has 2 fully saturated rings. The van der Waals surface area contributed by atoms with Crippen LogP contribution in [0.4, 0.5) is 0 Å². The molecule has 1 N–H and O–H groups in total. The van der Waals surface area contributed by atoms with Crippen molar-refractivity contribution in [3.63, 3.8) is 0 Å². The molecule has 0 radical (unpaired) electrons. The van der Waals surface area contributed by atoms with Gasteiger partial charge in [-0.2, -0.15) is 0 Å². The average molecular weight is 297 g/mol. The van der Waals surface area contributed by atoms with Crippen molar-refractivity contribution in [2.75, 3.05) is 19.7 Å². The first-order valence-electron chi connectivity index (χ1n) is 8.18. The van der Waals surface area contributed by atoms with E-state index in [0.29, 0.717) is 32.5 Å². The lowest BCUT2D eigenvalue weighted by molar-refractivity contribution is -0.156. The molecule has 3 atom stereocenters. The molecule has 1 amide bonds. The summed E-state index contributed by atoms with van der Waals surface area (Å²) in [5.74, 6) is -0.737. The molecule has 0 aromatic rings. The van der Waals surface area contributed by atoms with Gasteiger partial charge in [-0.3, -0.25) is 9.59 Å². The van der Waals surface area contributed by atoms with Crippen molar-refractivity contribution in [2.45, 2.75) is 58.5 Å². The highest BCUT2D eigenvalue weighted by molar-refractivity contribution is 5.82. The van der Waals surface area contributed by atoms with Gasteiger partial charge in [-0.25, -0.2) is 0 Å². The molecule has 2 aliphatic heterocycles. The number of carbonyl (C=O) groups excluding carboxylic acids is 1. The van der Waals surface area contributed by atoms with E-state index in [1.165, 1.54) is 0 Å². The summed E-state index contributed by atoms with van der Waals surface area (Å²) in [6.45, 7) is 5.72. The van der Waals surface area contributed by atoms with Gasteiger partial charge in [0.15, 0.2) is 0 Å². The lowest BCUT2D eigenvalue weighted by atomic mass is 9.76. The first kappa shape index (κ1) is 16.3. The number of carboxylic acid groups (broad SMARTS) is 1. The van der Waals surface area contributed by atoms with Crippen molar-refractivity contribution in [1.82, 2.24) is 4.90 Å². The number of ether oxygens (including phenoxy) is 1.